The van der Waals surface area contributed by atoms with E-state index in [1.54, 1.807) is 0 Å². The van der Waals surface area contributed by atoms with Crippen molar-refractivity contribution in [2.75, 3.05) is 0 Å². The fraction of sp³-hybridized carbons (Fsp3) is 0. The predicted octanol–water partition coefficient (Wildman–Crippen LogP) is 2.21. The van der Waals surface area contributed by atoms with Crippen molar-refractivity contribution in [2.24, 2.45) is 0 Å². The Balaban J connectivity index is 3.52. The molecule has 0 saturated carbocycles. The largest absolute Gasteiger partial charge is 0.0825 e. The second-order valence-electron chi connectivity index (χ2n) is 0.732. The zero-order valence-corrected chi connectivity index (χ0v) is 5.30. The normalized spacial score (nSPS) is 9.33. The van der Waals surface area contributed by atoms with Crippen molar-refractivity contribution in [1.82, 2.24) is 0 Å². The molecule has 0 fully saturated rings. The van der Waals surface area contributed by atoms with Crippen LogP contribution in [0.4, 0.5) is 0 Å². The van der Waals surface area contributed by atoms with E-state index in [9.17, 15) is 0 Å². The first kappa shape index (κ1) is 6.08. The molecular weight excluding hydrogens is 110 g/mol. The van der Waals surface area contributed by atoms with Crippen molar-refractivity contribution >= 4 is 29.0 Å². The van der Waals surface area contributed by atoms with Crippen LogP contribution in [0.5, 0.6) is 0 Å². The summed E-state index contributed by atoms with van der Waals surface area (Å²) in [5, 5.41) is 1.06. The first-order chi connectivity index (χ1) is 2.81. The highest BCUT2D eigenvalue weighted by molar-refractivity contribution is 7.62. The summed E-state index contributed by atoms with van der Waals surface area (Å²) in [5.74, 6) is 0. The van der Waals surface area contributed by atoms with Crippen molar-refractivity contribution in [1.29, 1.82) is 0 Å². The Kier molecular flexibility index (Phi) is 3.32. The Bertz CT molecular complexity index is 73.5. The molecule has 0 aliphatic heterocycles. The molecule has 0 saturated heterocycles. The maximum Gasteiger partial charge on any atom is 0.0207 e. The van der Waals surface area contributed by atoms with Gasteiger partial charge in [0.05, 0.1) is 0 Å². The van der Waals surface area contributed by atoms with Gasteiger partial charge in [-0.1, -0.05) is 35.6 Å². The molecule has 0 rings (SSSR count). The molecule has 0 aliphatic rings. The maximum atomic E-state index is 3.64. The van der Waals surface area contributed by atoms with Crippen LogP contribution >= 0.6 is 16.4 Å². The van der Waals surface area contributed by atoms with Crippen LogP contribution in [0.1, 0.15) is 0 Å². The molecule has 0 amide bonds. The summed E-state index contributed by atoms with van der Waals surface area (Å²) in [4.78, 5) is 0. The first-order valence-corrected chi connectivity index (χ1v) is 3.59. The van der Waals surface area contributed by atoms with Gasteiger partial charge in [0.25, 0.3) is 0 Å². The molecule has 0 aliphatic carbocycles. The summed E-state index contributed by atoms with van der Waals surface area (Å²) in [6.45, 7) is 3.64. The minimum absolute atomic E-state index is 1.01. The lowest BCUT2D eigenvalue weighted by atomic mass is 11.2. The Morgan fingerprint density at radius 2 is 1.50 bits per heavy atom. The number of hydrogen-bond donors (Lipinski definition) is 0. The average Bonchev–Trinajstić information content (AvgIpc) is 1.65. The zero-order chi connectivity index (χ0) is 4.99. The van der Waals surface area contributed by atoms with Crippen molar-refractivity contribution in [3.63, 3.8) is 0 Å². The van der Waals surface area contributed by atoms with Crippen molar-refractivity contribution in [3.8, 4) is 0 Å². The van der Waals surface area contributed by atoms with Gasteiger partial charge in [0.2, 0.25) is 0 Å². The van der Waals surface area contributed by atoms with Crippen LogP contribution in [-0.2, 0) is 0 Å². The Hall–Kier alpha value is 0.0800. The van der Waals surface area contributed by atoms with Gasteiger partial charge in [-0.3, -0.25) is 0 Å². The predicted molar refractivity (Wildman–Crippen MR) is 37.2 cm³/mol. The van der Waals surface area contributed by atoms with Crippen molar-refractivity contribution < 1.29 is 0 Å². The minimum atomic E-state index is 1.01. The van der Waals surface area contributed by atoms with E-state index in [1.807, 2.05) is 0 Å². The molecule has 0 radical (unpaired) electrons. The summed E-state index contributed by atoms with van der Waals surface area (Å²) < 4.78 is 0. The van der Waals surface area contributed by atoms with E-state index < -0.39 is 0 Å². The van der Waals surface area contributed by atoms with Gasteiger partial charge in [-0.2, -0.15) is 0 Å². The minimum Gasteiger partial charge on any atom is -0.0825 e. The molecule has 0 aromatic rings. The topological polar surface area (TPSA) is 0 Å². The van der Waals surface area contributed by atoms with E-state index in [0.29, 0.717) is 0 Å². The van der Waals surface area contributed by atoms with Gasteiger partial charge in [-0.25, -0.2) is 0 Å². The lowest BCUT2D eigenvalue weighted by Gasteiger charge is -1.74. The molecule has 0 aromatic heterocycles. The second-order valence-corrected chi connectivity index (χ2v) is 2.80. The van der Waals surface area contributed by atoms with E-state index in [1.165, 1.54) is 0 Å². The van der Waals surface area contributed by atoms with Gasteiger partial charge in [0.15, 0.2) is 0 Å². The van der Waals surface area contributed by atoms with Crippen molar-refractivity contribution in [3.05, 3.63) is 11.6 Å². The third-order valence-corrected chi connectivity index (χ3v) is 1.94. The van der Waals surface area contributed by atoms with Gasteiger partial charge in [0.1, 0.15) is 0 Å². The summed E-state index contributed by atoms with van der Waals surface area (Å²) in [7, 11) is 2.02. The van der Waals surface area contributed by atoms with E-state index in [4.69, 9.17) is 0 Å². The second kappa shape index (κ2) is 3.28. The smallest absolute Gasteiger partial charge is 0.0207 e. The monoisotopic (exact) mass is 116 g/mol. The molecule has 2 heteroatoms. The molecule has 0 N–H and O–H groups in total. The Labute approximate surface area is 41.5 Å². The highest BCUT2D eigenvalue weighted by Crippen LogP contribution is 2.19. The van der Waals surface area contributed by atoms with Crippen molar-refractivity contribution in [2.45, 2.75) is 0 Å². The van der Waals surface area contributed by atoms with Crippen LogP contribution in [0, 0.1) is 0 Å². The van der Waals surface area contributed by atoms with E-state index in [2.05, 4.69) is 19.2 Å². The van der Waals surface area contributed by atoms with Gasteiger partial charge < -0.3 is 0 Å². The van der Waals surface area contributed by atoms with E-state index >= 15 is 0 Å². The third kappa shape index (κ3) is 2.33. The molecule has 0 aromatic carbocycles. The van der Waals surface area contributed by atoms with Gasteiger partial charge in [0, 0.05) is 5.06 Å². The summed E-state index contributed by atoms with van der Waals surface area (Å²) in [6, 6.07) is 0. The van der Waals surface area contributed by atoms with E-state index in [-0.39, 0.29) is 0 Å². The van der Waals surface area contributed by atoms with Gasteiger partial charge in [-0.15, -0.1) is 0 Å². The highest BCUT2D eigenvalue weighted by atomic mass is 31.1. The first-order valence-electron chi connectivity index (χ1n) is 1.43. The highest BCUT2D eigenvalue weighted by Gasteiger charge is 1.68. The zero-order valence-electron chi connectivity index (χ0n) is 3.52. The molecule has 32 valence electrons. The van der Waals surface area contributed by atoms with E-state index in [0.717, 1.165) is 21.5 Å². The third-order valence-electron chi connectivity index (χ3n) is 0.365. The molecule has 0 atom stereocenters. The van der Waals surface area contributed by atoms with Crippen LogP contribution in [0.25, 0.3) is 0 Å². The molecule has 0 spiro atoms. The summed E-state index contributed by atoms with van der Waals surface area (Å²) in [5.41, 5.74) is 0. The van der Waals surface area contributed by atoms with Gasteiger partial charge in [-0.05, 0) is 0 Å². The van der Waals surface area contributed by atoms with Crippen LogP contribution in [0.15, 0.2) is 11.6 Å². The summed E-state index contributed by atoms with van der Waals surface area (Å²) >= 11 is 0. The van der Waals surface area contributed by atoms with Crippen LogP contribution in [0.2, 0.25) is 0 Å². The molecule has 0 bridgehead atoms. The van der Waals surface area contributed by atoms with Crippen LogP contribution < -0.4 is 0 Å². The summed E-state index contributed by atoms with van der Waals surface area (Å²) in [6.07, 6.45) is 7.16. The Morgan fingerprint density at radius 1 is 1.17 bits per heavy atom. The number of rotatable bonds is 2. The average molecular weight is 116 g/mol. The van der Waals surface area contributed by atoms with Crippen LogP contribution in [0.3, 0.4) is 0 Å². The molecule has 6 heavy (non-hydrogen) atoms. The molecule has 0 heterocycles. The van der Waals surface area contributed by atoms with Crippen LogP contribution in [-0.4, -0.2) is 12.6 Å². The lowest BCUT2D eigenvalue weighted by molar-refractivity contribution is 2.53. The molecular formula is C4H6P2. The standard InChI is InChI=1S/C4H6P2/c1-4(5-2)6-3/h1-3H2. The fourth-order valence-electron chi connectivity index (χ4n) is 0.0500. The Morgan fingerprint density at radius 3 is 1.50 bits per heavy atom. The maximum absolute atomic E-state index is 3.64. The quantitative estimate of drug-likeness (QED) is 0.485. The molecule has 0 unspecified atom stereocenters. The molecule has 0 nitrogen and oxygen atoms in total. The van der Waals surface area contributed by atoms with Gasteiger partial charge >= 0.3 is 0 Å². The fourth-order valence-corrected chi connectivity index (χ4v) is 0.450. The lowest BCUT2D eigenvalue weighted by Crippen LogP contribution is -1.34. The number of hydrogen-bond acceptors (Lipinski definition) is 0. The SMILES string of the molecule is C=PC(=C)P=C.